The van der Waals surface area contributed by atoms with Crippen LogP contribution in [0.25, 0.3) is 16.8 Å². The third kappa shape index (κ3) is 4.93. The summed E-state index contributed by atoms with van der Waals surface area (Å²) in [5, 5.41) is -0.339. The highest BCUT2D eigenvalue weighted by molar-refractivity contribution is 5.93. The molecule has 32 heavy (non-hydrogen) atoms. The van der Waals surface area contributed by atoms with E-state index in [2.05, 4.69) is 0 Å². The van der Waals surface area contributed by atoms with Crippen LogP contribution in [0.15, 0.2) is 54.6 Å². The van der Waals surface area contributed by atoms with E-state index in [1.165, 1.54) is 0 Å². The minimum absolute atomic E-state index is 0.0511. The second kappa shape index (κ2) is 9.59. The van der Waals surface area contributed by atoms with Gasteiger partial charge in [0, 0.05) is 23.6 Å². The predicted molar refractivity (Wildman–Crippen MR) is 106 cm³/mol. The molecule has 0 unspecified atom stereocenters. The summed E-state index contributed by atoms with van der Waals surface area (Å²) in [5.41, 5.74) is -1.91. The molecule has 0 N–H and O–H groups in total. The van der Waals surface area contributed by atoms with Crippen molar-refractivity contribution in [1.29, 1.82) is 0 Å². The number of fused-ring (bicyclic) bond motifs is 1. The van der Waals surface area contributed by atoms with Crippen LogP contribution in [-0.2, 0) is 0 Å². The third-order valence-corrected chi connectivity index (χ3v) is 4.30. The Morgan fingerprint density at radius 2 is 1.62 bits per heavy atom. The van der Waals surface area contributed by atoms with E-state index in [-0.39, 0.29) is 35.0 Å². The molecule has 0 amide bonds. The lowest BCUT2D eigenvalue weighted by atomic mass is 10.0. The molecule has 0 aromatic heterocycles. The van der Waals surface area contributed by atoms with Gasteiger partial charge in [0.15, 0.2) is 0 Å². The van der Waals surface area contributed by atoms with Crippen molar-refractivity contribution in [3.8, 4) is 11.5 Å². The van der Waals surface area contributed by atoms with Gasteiger partial charge in [-0.25, -0.2) is 22.4 Å². The first-order valence-electron chi connectivity index (χ1n) is 9.11. The number of benzene rings is 3. The SMILES string of the molecule is CC=CCOc1cc(F)c(C(=O)Oc2ccc3c(F)c(C=C(F)F)c(F)cc3c2)c(F)c1. The van der Waals surface area contributed by atoms with Crippen molar-refractivity contribution >= 4 is 22.8 Å². The molecule has 0 aliphatic rings. The van der Waals surface area contributed by atoms with E-state index in [1.54, 1.807) is 19.1 Å². The Hall–Kier alpha value is -3.75. The van der Waals surface area contributed by atoms with Gasteiger partial charge in [-0.15, -0.1) is 0 Å². The van der Waals surface area contributed by atoms with Crippen LogP contribution in [0.1, 0.15) is 22.8 Å². The molecule has 9 heteroatoms. The molecule has 0 aliphatic carbocycles. The van der Waals surface area contributed by atoms with E-state index < -0.39 is 46.4 Å². The van der Waals surface area contributed by atoms with E-state index >= 15 is 0 Å². The number of carbonyl (C=O) groups excluding carboxylic acids is 1. The summed E-state index contributed by atoms with van der Waals surface area (Å²) < 4.78 is 91.8. The number of rotatable bonds is 6. The highest BCUT2D eigenvalue weighted by Gasteiger charge is 2.22. The maximum Gasteiger partial charge on any atom is 0.349 e. The molecule has 0 atom stereocenters. The highest BCUT2D eigenvalue weighted by Crippen LogP contribution is 2.30. The first-order valence-corrected chi connectivity index (χ1v) is 9.11. The van der Waals surface area contributed by atoms with Crippen LogP contribution >= 0.6 is 0 Å². The third-order valence-electron chi connectivity index (χ3n) is 4.30. The number of hydrogen-bond donors (Lipinski definition) is 0. The number of halogens is 6. The Bertz CT molecular complexity index is 1220. The van der Waals surface area contributed by atoms with Crippen molar-refractivity contribution < 1.29 is 40.6 Å². The van der Waals surface area contributed by atoms with Gasteiger partial charge in [-0.1, -0.05) is 12.2 Å². The molecule has 0 fully saturated rings. The standard InChI is InChI=1S/C23H14F6O3/c1-2-3-6-31-14-9-18(25)21(19(26)10-14)23(30)32-13-4-5-15-12(7-13)8-17(24)16(22(15)29)11-20(27)28/h2-5,7-11H,6H2,1H3. The minimum atomic E-state index is -2.28. The van der Waals surface area contributed by atoms with E-state index in [1.807, 2.05) is 0 Å². The first-order chi connectivity index (χ1) is 15.2. The van der Waals surface area contributed by atoms with Gasteiger partial charge in [-0.05, 0) is 36.6 Å². The number of allylic oxidation sites excluding steroid dienone is 1. The summed E-state index contributed by atoms with van der Waals surface area (Å²) in [6.45, 7) is 1.80. The quantitative estimate of drug-likeness (QED) is 0.178. The molecule has 3 rings (SSSR count). The summed E-state index contributed by atoms with van der Waals surface area (Å²) in [6, 6.07) is 5.56. The molecule has 3 nitrogen and oxygen atoms in total. The summed E-state index contributed by atoms with van der Waals surface area (Å²) in [7, 11) is 0. The summed E-state index contributed by atoms with van der Waals surface area (Å²) in [6.07, 6.45) is 1.05. The smallest absolute Gasteiger partial charge is 0.349 e. The number of esters is 1. The van der Waals surface area contributed by atoms with Crippen molar-refractivity contribution in [2.24, 2.45) is 0 Å². The van der Waals surface area contributed by atoms with Gasteiger partial charge < -0.3 is 9.47 Å². The van der Waals surface area contributed by atoms with Crippen LogP contribution < -0.4 is 9.47 Å². The van der Waals surface area contributed by atoms with Gasteiger partial charge in [0.05, 0.1) is 5.56 Å². The maximum absolute atomic E-state index is 14.4. The summed E-state index contributed by atoms with van der Waals surface area (Å²) in [4.78, 5) is 12.3. The molecular formula is C23H14F6O3. The average Bonchev–Trinajstić information content (AvgIpc) is 2.70. The van der Waals surface area contributed by atoms with E-state index in [0.29, 0.717) is 0 Å². The molecule has 0 bridgehead atoms. The second-order valence-electron chi connectivity index (χ2n) is 6.43. The average molecular weight is 452 g/mol. The highest BCUT2D eigenvalue weighted by atomic mass is 19.3. The molecule has 0 aliphatic heterocycles. The van der Waals surface area contributed by atoms with Gasteiger partial charge in [0.2, 0.25) is 0 Å². The number of hydrogen-bond acceptors (Lipinski definition) is 3. The van der Waals surface area contributed by atoms with Crippen LogP contribution in [0.2, 0.25) is 0 Å². The molecule has 166 valence electrons. The lowest BCUT2D eigenvalue weighted by Crippen LogP contribution is -2.13. The van der Waals surface area contributed by atoms with E-state index in [9.17, 15) is 31.1 Å². The van der Waals surface area contributed by atoms with Crippen LogP contribution in [0.4, 0.5) is 26.3 Å². The topological polar surface area (TPSA) is 35.5 Å². The fourth-order valence-electron chi connectivity index (χ4n) is 2.86. The molecule has 0 saturated heterocycles. The predicted octanol–water partition coefficient (Wildman–Crippen LogP) is 6.81. The van der Waals surface area contributed by atoms with Gasteiger partial charge in [0.25, 0.3) is 6.08 Å². The van der Waals surface area contributed by atoms with Gasteiger partial charge in [-0.3, -0.25) is 0 Å². The lowest BCUT2D eigenvalue weighted by molar-refractivity contribution is 0.0724. The van der Waals surface area contributed by atoms with Crippen molar-refractivity contribution in [3.63, 3.8) is 0 Å². The van der Waals surface area contributed by atoms with Crippen LogP contribution in [-0.4, -0.2) is 12.6 Å². The largest absolute Gasteiger partial charge is 0.489 e. The monoisotopic (exact) mass is 452 g/mol. The van der Waals surface area contributed by atoms with E-state index in [0.717, 1.165) is 36.4 Å². The molecule has 0 spiro atoms. The lowest BCUT2D eigenvalue weighted by Gasteiger charge is -2.10. The van der Waals surface area contributed by atoms with E-state index in [4.69, 9.17) is 9.47 Å². The fraction of sp³-hybridized carbons (Fsp3) is 0.0870. The molecule has 3 aromatic carbocycles. The van der Waals surface area contributed by atoms with Crippen molar-refractivity contribution in [1.82, 2.24) is 0 Å². The first kappa shape index (κ1) is 22.9. The van der Waals surface area contributed by atoms with Gasteiger partial charge >= 0.3 is 5.97 Å². The van der Waals surface area contributed by atoms with Crippen LogP contribution in [0.5, 0.6) is 11.5 Å². The molecular weight excluding hydrogens is 438 g/mol. The number of ether oxygens (including phenoxy) is 2. The van der Waals surface area contributed by atoms with Crippen molar-refractivity contribution in [3.05, 3.63) is 89.0 Å². The Morgan fingerprint density at radius 3 is 2.25 bits per heavy atom. The van der Waals surface area contributed by atoms with Crippen molar-refractivity contribution in [2.45, 2.75) is 6.92 Å². The summed E-state index contributed by atoms with van der Waals surface area (Å²) >= 11 is 0. The van der Waals surface area contributed by atoms with Gasteiger partial charge in [0.1, 0.15) is 46.9 Å². The van der Waals surface area contributed by atoms with Gasteiger partial charge in [-0.2, -0.15) is 8.78 Å². The molecule has 0 saturated carbocycles. The zero-order valence-corrected chi connectivity index (χ0v) is 16.4. The fourth-order valence-corrected chi connectivity index (χ4v) is 2.86. The Balaban J connectivity index is 1.89. The van der Waals surface area contributed by atoms with Crippen LogP contribution in [0, 0.1) is 23.3 Å². The normalized spacial score (nSPS) is 11.1. The van der Waals surface area contributed by atoms with Crippen LogP contribution in [0.3, 0.4) is 0 Å². The van der Waals surface area contributed by atoms with Crippen molar-refractivity contribution in [2.75, 3.05) is 6.61 Å². The molecule has 0 radical (unpaired) electrons. The summed E-state index contributed by atoms with van der Waals surface area (Å²) in [5.74, 6) is -6.76. The number of carbonyl (C=O) groups is 1. The minimum Gasteiger partial charge on any atom is -0.489 e. The zero-order valence-electron chi connectivity index (χ0n) is 16.4. The maximum atomic E-state index is 14.4. The molecule has 0 heterocycles. The Kier molecular flexibility index (Phi) is 6.87. The molecule has 3 aromatic rings. The zero-order chi connectivity index (χ0) is 23.4. The Labute approximate surface area is 178 Å². The Morgan fingerprint density at radius 1 is 0.938 bits per heavy atom. The second-order valence-corrected chi connectivity index (χ2v) is 6.43.